The third kappa shape index (κ3) is 3.97. The molecule has 1 N–H and O–H groups in total. The fourth-order valence-corrected chi connectivity index (χ4v) is 4.21. The lowest BCUT2D eigenvalue weighted by atomic mass is 10.0. The molecule has 7 nitrogen and oxygen atoms in total. The van der Waals surface area contributed by atoms with Gasteiger partial charge in [-0.1, -0.05) is 12.1 Å². The van der Waals surface area contributed by atoms with Crippen molar-refractivity contribution in [1.82, 2.24) is 14.6 Å². The first-order valence-electron chi connectivity index (χ1n) is 10.6. The minimum absolute atomic E-state index is 0.00581. The lowest BCUT2D eigenvalue weighted by Crippen LogP contribution is -2.25. The van der Waals surface area contributed by atoms with E-state index in [1.54, 1.807) is 24.3 Å². The third-order valence-corrected chi connectivity index (χ3v) is 5.77. The zero-order chi connectivity index (χ0) is 22.9. The molecule has 3 heterocycles. The van der Waals surface area contributed by atoms with E-state index in [9.17, 15) is 13.6 Å². The van der Waals surface area contributed by atoms with Crippen molar-refractivity contribution >= 4 is 23.1 Å². The van der Waals surface area contributed by atoms with Crippen LogP contribution in [0.4, 0.5) is 20.3 Å². The molecular formula is C24H21F2N5O2. The topological polar surface area (TPSA) is 71.8 Å². The predicted molar refractivity (Wildman–Crippen MR) is 120 cm³/mol. The molecule has 0 unspecified atom stereocenters. The molecule has 5 rings (SSSR count). The Hall–Kier alpha value is -4.01. The molecule has 33 heavy (non-hydrogen) atoms. The summed E-state index contributed by atoms with van der Waals surface area (Å²) in [4.78, 5) is 19.3. The number of aromatic nitrogens is 3. The van der Waals surface area contributed by atoms with Crippen LogP contribution in [0, 0.1) is 11.6 Å². The Balaban J connectivity index is 1.44. The normalized spacial score (nSPS) is 15.7. The Bertz CT molecular complexity index is 1340. The van der Waals surface area contributed by atoms with Crippen LogP contribution in [-0.2, 0) is 0 Å². The molecule has 9 heteroatoms. The van der Waals surface area contributed by atoms with Crippen molar-refractivity contribution < 1.29 is 18.3 Å². The second-order valence-electron chi connectivity index (χ2n) is 7.81. The Morgan fingerprint density at radius 3 is 2.82 bits per heavy atom. The van der Waals surface area contributed by atoms with Crippen LogP contribution in [0.3, 0.4) is 0 Å². The summed E-state index contributed by atoms with van der Waals surface area (Å²) in [6.07, 6.45) is 3.25. The van der Waals surface area contributed by atoms with E-state index in [0.717, 1.165) is 24.9 Å². The highest BCUT2D eigenvalue weighted by Gasteiger charge is 2.28. The average molecular weight is 449 g/mol. The number of carbonyl (C=O) groups excluding carboxylic acids is 1. The van der Waals surface area contributed by atoms with Crippen molar-refractivity contribution in [1.29, 1.82) is 0 Å². The Morgan fingerprint density at radius 1 is 1.15 bits per heavy atom. The second kappa shape index (κ2) is 8.50. The van der Waals surface area contributed by atoms with Crippen LogP contribution in [0.25, 0.3) is 5.65 Å². The number of nitrogens with one attached hydrogen (secondary N) is 1. The van der Waals surface area contributed by atoms with Crippen LogP contribution in [-0.4, -0.2) is 34.2 Å². The van der Waals surface area contributed by atoms with Crippen molar-refractivity contribution in [3.8, 4) is 5.75 Å². The number of rotatable bonds is 5. The number of nitrogens with zero attached hydrogens (tertiary/aromatic N) is 4. The molecule has 2 aromatic carbocycles. The van der Waals surface area contributed by atoms with E-state index in [1.807, 2.05) is 12.1 Å². The number of amides is 1. The zero-order valence-electron chi connectivity index (χ0n) is 17.8. The van der Waals surface area contributed by atoms with Gasteiger partial charge in [-0.3, -0.25) is 4.79 Å². The summed E-state index contributed by atoms with van der Waals surface area (Å²) < 4.78 is 34.1. The molecule has 0 radical (unpaired) electrons. The Morgan fingerprint density at radius 2 is 2.03 bits per heavy atom. The summed E-state index contributed by atoms with van der Waals surface area (Å²) in [6, 6.07) is 14.4. The molecular weight excluding hydrogens is 428 g/mol. The summed E-state index contributed by atoms with van der Waals surface area (Å²) in [7, 11) is 1.37. The largest absolute Gasteiger partial charge is 0.494 e. The van der Waals surface area contributed by atoms with Gasteiger partial charge in [-0.05, 0) is 54.8 Å². The summed E-state index contributed by atoms with van der Waals surface area (Å²) >= 11 is 0. The third-order valence-electron chi connectivity index (χ3n) is 5.77. The molecule has 168 valence electrons. The first-order valence-corrected chi connectivity index (χ1v) is 10.6. The number of imidazole rings is 1. The molecule has 4 aromatic rings. The van der Waals surface area contributed by atoms with Crippen LogP contribution in [0.1, 0.15) is 34.9 Å². The quantitative estimate of drug-likeness (QED) is 0.482. The molecule has 1 saturated heterocycles. The first kappa shape index (κ1) is 20.9. The highest BCUT2D eigenvalue weighted by Crippen LogP contribution is 2.35. The van der Waals surface area contributed by atoms with Gasteiger partial charge in [0.2, 0.25) is 0 Å². The Kier molecular flexibility index (Phi) is 5.37. The zero-order valence-corrected chi connectivity index (χ0v) is 17.8. The number of anilines is 2. The van der Waals surface area contributed by atoms with Crippen molar-refractivity contribution in [3.05, 3.63) is 83.7 Å². The number of halogens is 2. The second-order valence-corrected chi connectivity index (χ2v) is 7.81. The predicted octanol–water partition coefficient (Wildman–Crippen LogP) is 4.61. The van der Waals surface area contributed by atoms with Crippen LogP contribution >= 0.6 is 0 Å². The summed E-state index contributed by atoms with van der Waals surface area (Å²) in [5, 5.41) is 7.32. The fourth-order valence-electron chi connectivity index (χ4n) is 4.21. The first-order chi connectivity index (χ1) is 16.0. The minimum Gasteiger partial charge on any atom is -0.494 e. The molecule has 1 aliphatic heterocycles. The van der Waals surface area contributed by atoms with E-state index in [2.05, 4.69) is 20.3 Å². The maximum Gasteiger partial charge on any atom is 0.276 e. The molecule has 0 spiro atoms. The summed E-state index contributed by atoms with van der Waals surface area (Å²) in [5.41, 5.74) is 1.89. The minimum atomic E-state index is -0.578. The van der Waals surface area contributed by atoms with Gasteiger partial charge < -0.3 is 15.0 Å². The summed E-state index contributed by atoms with van der Waals surface area (Å²) in [6.45, 7) is 0.765. The number of methoxy groups -OCH3 is 1. The van der Waals surface area contributed by atoms with E-state index >= 15 is 0 Å². The number of carbonyl (C=O) groups is 1. The number of fused-ring (bicyclic) bond motifs is 1. The molecule has 0 aliphatic carbocycles. The van der Waals surface area contributed by atoms with Crippen molar-refractivity contribution in [2.24, 2.45) is 0 Å². The van der Waals surface area contributed by atoms with Gasteiger partial charge in [-0.2, -0.15) is 0 Å². The number of hydrogen-bond donors (Lipinski definition) is 1. The van der Waals surface area contributed by atoms with Crippen LogP contribution in [0.15, 0.2) is 60.8 Å². The lowest BCUT2D eigenvalue weighted by molar-refractivity contribution is 0.102. The molecule has 1 atom stereocenters. The van der Waals surface area contributed by atoms with E-state index < -0.39 is 11.7 Å². The monoisotopic (exact) mass is 449 g/mol. The van der Waals surface area contributed by atoms with E-state index in [4.69, 9.17) is 4.74 Å². The maximum absolute atomic E-state index is 14.0. The van der Waals surface area contributed by atoms with Gasteiger partial charge in [0.25, 0.3) is 5.91 Å². The van der Waals surface area contributed by atoms with Crippen molar-refractivity contribution in [2.45, 2.75) is 18.9 Å². The van der Waals surface area contributed by atoms with Gasteiger partial charge in [0.1, 0.15) is 11.6 Å². The number of hydrogen-bond acceptors (Lipinski definition) is 5. The number of ether oxygens (including phenoxy) is 1. The maximum atomic E-state index is 14.0. The lowest BCUT2D eigenvalue weighted by Gasteiger charge is -2.26. The van der Waals surface area contributed by atoms with Crippen LogP contribution in [0.5, 0.6) is 5.75 Å². The molecule has 1 fully saturated rings. The van der Waals surface area contributed by atoms with Crippen molar-refractivity contribution in [3.63, 3.8) is 0 Å². The van der Waals surface area contributed by atoms with Gasteiger partial charge in [0, 0.05) is 18.3 Å². The molecule has 2 aromatic heterocycles. The number of benzene rings is 2. The van der Waals surface area contributed by atoms with E-state index in [1.165, 1.54) is 36.0 Å². The van der Waals surface area contributed by atoms with Gasteiger partial charge in [-0.25, -0.2) is 18.3 Å². The highest BCUT2D eigenvalue weighted by atomic mass is 19.1. The van der Waals surface area contributed by atoms with Crippen LogP contribution in [0.2, 0.25) is 0 Å². The van der Waals surface area contributed by atoms with E-state index in [0.29, 0.717) is 11.5 Å². The van der Waals surface area contributed by atoms with Gasteiger partial charge in [-0.15, -0.1) is 5.10 Å². The SMILES string of the molecule is COc1ccc(NC(=O)c2cnc3ccc(N4CCC[C@@H]4c4cccc(F)c4)nn23)cc1F. The molecule has 0 bridgehead atoms. The fraction of sp³-hybridized carbons (Fsp3) is 0.208. The van der Waals surface area contributed by atoms with Gasteiger partial charge in [0.15, 0.2) is 22.9 Å². The smallest absolute Gasteiger partial charge is 0.276 e. The van der Waals surface area contributed by atoms with E-state index in [-0.39, 0.29) is 29.0 Å². The van der Waals surface area contributed by atoms with Gasteiger partial charge in [0.05, 0.1) is 19.3 Å². The highest BCUT2D eigenvalue weighted by molar-refractivity contribution is 6.03. The average Bonchev–Trinajstić information content (AvgIpc) is 3.46. The molecule has 0 saturated carbocycles. The Labute approximate surface area is 188 Å². The summed E-state index contributed by atoms with van der Waals surface area (Å²) in [5.74, 6) is -0.568. The van der Waals surface area contributed by atoms with Crippen LogP contribution < -0.4 is 15.0 Å². The molecule has 1 aliphatic rings. The molecule has 1 amide bonds. The van der Waals surface area contributed by atoms with Gasteiger partial charge >= 0.3 is 0 Å². The standard InChI is InChI=1S/C24H21F2N5O2/c1-33-21-8-7-17(13-18(21)26)28-24(32)20-14-27-22-9-10-23(29-31(20)22)30-11-3-6-19(30)15-4-2-5-16(25)12-15/h2,4-5,7-10,12-14,19H,3,6,11H2,1H3,(H,28,32)/t19-/m1/s1. The van der Waals surface area contributed by atoms with Crippen molar-refractivity contribution in [2.75, 3.05) is 23.9 Å².